The van der Waals surface area contributed by atoms with Gasteiger partial charge in [0.2, 0.25) is 0 Å². The quantitative estimate of drug-likeness (QED) is 0.530. The third-order valence-corrected chi connectivity index (χ3v) is 3.19. The molecular weight excluding hydrogens is 266 g/mol. The number of rotatable bonds is 2. The predicted molar refractivity (Wildman–Crippen MR) is 66.4 cm³/mol. The molecule has 20 heavy (non-hydrogen) atoms. The van der Waals surface area contributed by atoms with Crippen LogP contribution >= 0.6 is 0 Å². The Bertz CT molecular complexity index is 441. The number of Topliss-reactive ketones (excluding diaryl/α,β-unsaturated/α-hetero) is 1. The first-order chi connectivity index (χ1) is 9.23. The second kappa shape index (κ2) is 5.14. The Morgan fingerprint density at radius 1 is 1.30 bits per heavy atom. The molecule has 2 aliphatic heterocycles. The molecule has 2 heterocycles. The molecule has 2 rings (SSSR count). The van der Waals surface area contributed by atoms with E-state index in [0.29, 0.717) is 6.42 Å². The zero-order chi connectivity index (χ0) is 15.1. The van der Waals surface area contributed by atoms with Gasteiger partial charge in [0.1, 0.15) is 5.60 Å². The number of hydroxylamine groups is 2. The number of nitrogens with zero attached hydrogens (tertiary/aromatic N) is 1. The third kappa shape index (κ3) is 2.83. The molecule has 0 bridgehead atoms. The first-order valence-corrected chi connectivity index (χ1v) is 6.51. The minimum Gasteiger partial charge on any atom is -0.467 e. The Morgan fingerprint density at radius 3 is 2.50 bits per heavy atom. The van der Waals surface area contributed by atoms with Crippen LogP contribution in [0.4, 0.5) is 0 Å². The molecule has 0 saturated carbocycles. The molecule has 7 heteroatoms. The van der Waals surface area contributed by atoms with Crippen LogP contribution in [0.1, 0.15) is 33.6 Å². The molecule has 2 aliphatic rings. The summed E-state index contributed by atoms with van der Waals surface area (Å²) in [5, 5.41) is 1.29. The van der Waals surface area contributed by atoms with E-state index in [-0.39, 0.29) is 18.2 Å². The van der Waals surface area contributed by atoms with Crippen LogP contribution in [-0.2, 0) is 28.7 Å². The lowest BCUT2D eigenvalue weighted by Gasteiger charge is -2.25. The van der Waals surface area contributed by atoms with Gasteiger partial charge in [-0.25, -0.2) is 9.59 Å². The highest BCUT2D eigenvalue weighted by Gasteiger charge is 2.53. The van der Waals surface area contributed by atoms with E-state index in [2.05, 4.69) is 4.74 Å². The van der Waals surface area contributed by atoms with Crippen LogP contribution < -0.4 is 0 Å². The van der Waals surface area contributed by atoms with Gasteiger partial charge in [-0.05, 0) is 20.8 Å². The Kier molecular flexibility index (Phi) is 3.84. The summed E-state index contributed by atoms with van der Waals surface area (Å²) in [7, 11) is 1.27. The number of hydrogen-bond acceptors (Lipinski definition) is 7. The van der Waals surface area contributed by atoms with E-state index in [0.717, 1.165) is 0 Å². The fourth-order valence-corrected chi connectivity index (χ4v) is 2.42. The summed E-state index contributed by atoms with van der Waals surface area (Å²) in [5.74, 6) is -1.39. The average molecular weight is 285 g/mol. The van der Waals surface area contributed by atoms with Crippen LogP contribution in [0.15, 0.2) is 0 Å². The minimum absolute atomic E-state index is 0.178. The van der Waals surface area contributed by atoms with Crippen molar-refractivity contribution in [2.24, 2.45) is 0 Å². The van der Waals surface area contributed by atoms with Gasteiger partial charge in [0, 0.05) is 18.9 Å². The van der Waals surface area contributed by atoms with Gasteiger partial charge in [0.25, 0.3) is 0 Å². The maximum absolute atomic E-state index is 12.1. The van der Waals surface area contributed by atoms with Gasteiger partial charge in [0.05, 0.1) is 7.11 Å². The molecule has 112 valence electrons. The first kappa shape index (κ1) is 14.9. The van der Waals surface area contributed by atoms with E-state index in [1.165, 1.54) is 12.2 Å². The van der Waals surface area contributed by atoms with E-state index < -0.39 is 29.7 Å². The molecule has 2 fully saturated rings. The topological polar surface area (TPSA) is 82.1 Å². The molecular formula is C13H19NO6. The lowest BCUT2D eigenvalue weighted by molar-refractivity contribution is -0.205. The Hall–Kier alpha value is -1.47. The fourth-order valence-electron chi connectivity index (χ4n) is 2.42. The standard InChI is InChI=1S/C13H19NO6/c1-13(2,3)19-12(17)10-8(15)5-7-6-9(11(16)18-4)20-14(7)10/h7,9-10H,5-6H2,1-4H3. The largest absolute Gasteiger partial charge is 0.467 e. The Morgan fingerprint density at radius 2 is 1.95 bits per heavy atom. The van der Waals surface area contributed by atoms with Gasteiger partial charge in [-0.2, -0.15) is 5.06 Å². The maximum atomic E-state index is 12.1. The summed E-state index contributed by atoms with van der Waals surface area (Å²) in [5.41, 5.74) is -0.684. The van der Waals surface area contributed by atoms with Crippen LogP contribution in [0.3, 0.4) is 0 Å². The number of carbonyl (C=O) groups is 3. The number of ketones is 1. The second-order valence-corrected chi connectivity index (χ2v) is 5.97. The Balaban J connectivity index is 2.09. The number of fused-ring (bicyclic) bond motifs is 1. The van der Waals surface area contributed by atoms with Crippen molar-refractivity contribution < 1.29 is 28.7 Å². The van der Waals surface area contributed by atoms with Crippen molar-refractivity contribution in [3.8, 4) is 0 Å². The van der Waals surface area contributed by atoms with E-state index in [1.807, 2.05) is 0 Å². The number of esters is 2. The highest BCUT2D eigenvalue weighted by Crippen LogP contribution is 2.34. The highest BCUT2D eigenvalue weighted by molar-refractivity contribution is 6.05. The smallest absolute Gasteiger partial charge is 0.337 e. The molecule has 0 aromatic carbocycles. The van der Waals surface area contributed by atoms with Gasteiger partial charge in [-0.3, -0.25) is 9.63 Å². The van der Waals surface area contributed by atoms with Crippen molar-refractivity contribution >= 4 is 17.7 Å². The van der Waals surface area contributed by atoms with Crippen LogP contribution in [0.5, 0.6) is 0 Å². The number of methoxy groups -OCH3 is 1. The molecule has 0 aliphatic carbocycles. The normalized spacial score (nSPS) is 30.2. The third-order valence-electron chi connectivity index (χ3n) is 3.19. The average Bonchev–Trinajstić information content (AvgIpc) is 2.81. The summed E-state index contributed by atoms with van der Waals surface area (Å²) in [4.78, 5) is 40.9. The van der Waals surface area contributed by atoms with Crippen molar-refractivity contribution in [1.29, 1.82) is 0 Å². The molecule has 7 nitrogen and oxygen atoms in total. The Labute approximate surface area is 117 Å². The molecule has 0 spiro atoms. The molecule has 2 saturated heterocycles. The van der Waals surface area contributed by atoms with Crippen molar-refractivity contribution in [3.05, 3.63) is 0 Å². The van der Waals surface area contributed by atoms with E-state index in [1.54, 1.807) is 20.8 Å². The zero-order valence-electron chi connectivity index (χ0n) is 12.0. The van der Waals surface area contributed by atoms with E-state index >= 15 is 0 Å². The lowest BCUT2D eigenvalue weighted by Crippen LogP contribution is -2.44. The van der Waals surface area contributed by atoms with Gasteiger partial charge in [-0.15, -0.1) is 0 Å². The van der Waals surface area contributed by atoms with Crippen molar-refractivity contribution in [1.82, 2.24) is 5.06 Å². The SMILES string of the molecule is COC(=O)C1CC2CC(=O)C(C(=O)OC(C)(C)C)N2O1. The molecule has 0 amide bonds. The first-order valence-electron chi connectivity index (χ1n) is 6.51. The van der Waals surface area contributed by atoms with Gasteiger partial charge in [0.15, 0.2) is 17.9 Å². The monoisotopic (exact) mass is 285 g/mol. The molecule has 3 unspecified atom stereocenters. The number of hydrogen-bond donors (Lipinski definition) is 0. The van der Waals surface area contributed by atoms with Crippen LogP contribution in [0, 0.1) is 0 Å². The summed E-state index contributed by atoms with van der Waals surface area (Å²) >= 11 is 0. The summed E-state index contributed by atoms with van der Waals surface area (Å²) in [6, 6.07) is -1.36. The van der Waals surface area contributed by atoms with Gasteiger partial charge in [-0.1, -0.05) is 0 Å². The molecule has 0 N–H and O–H groups in total. The zero-order valence-corrected chi connectivity index (χ0v) is 12.0. The van der Waals surface area contributed by atoms with Crippen molar-refractivity contribution in [2.45, 2.75) is 57.4 Å². The predicted octanol–water partition coefficient (Wildman–Crippen LogP) is 0.217. The summed E-state index contributed by atoms with van der Waals surface area (Å²) < 4.78 is 9.84. The van der Waals surface area contributed by atoms with Gasteiger partial charge < -0.3 is 9.47 Å². The van der Waals surface area contributed by atoms with E-state index in [9.17, 15) is 14.4 Å². The van der Waals surface area contributed by atoms with Gasteiger partial charge >= 0.3 is 11.9 Å². The molecule has 0 aromatic rings. The lowest BCUT2D eigenvalue weighted by atomic mass is 10.1. The maximum Gasteiger partial charge on any atom is 0.337 e. The van der Waals surface area contributed by atoms with Crippen molar-refractivity contribution in [2.75, 3.05) is 7.11 Å². The minimum atomic E-state index is -1.09. The van der Waals surface area contributed by atoms with Crippen LogP contribution in [0.2, 0.25) is 0 Å². The molecule has 0 aromatic heterocycles. The fraction of sp³-hybridized carbons (Fsp3) is 0.769. The number of carbonyl (C=O) groups excluding carboxylic acids is 3. The second-order valence-electron chi connectivity index (χ2n) is 5.97. The van der Waals surface area contributed by atoms with Crippen LogP contribution in [-0.4, -0.2) is 53.7 Å². The van der Waals surface area contributed by atoms with E-state index in [4.69, 9.17) is 9.57 Å². The molecule has 0 radical (unpaired) electrons. The summed E-state index contributed by atoms with van der Waals surface area (Å²) in [6.07, 6.45) is -0.238. The summed E-state index contributed by atoms with van der Waals surface area (Å²) in [6.45, 7) is 5.18. The van der Waals surface area contributed by atoms with Crippen LogP contribution in [0.25, 0.3) is 0 Å². The number of ether oxygens (including phenoxy) is 2. The molecule has 3 atom stereocenters. The van der Waals surface area contributed by atoms with Crippen molar-refractivity contribution in [3.63, 3.8) is 0 Å². The highest BCUT2D eigenvalue weighted by atomic mass is 16.7.